The molecule has 94 valence electrons. The average Bonchev–Trinajstić information content (AvgIpc) is 2.68. The minimum Gasteiger partial charge on any atom is -0.397 e. The smallest absolute Gasteiger partial charge is 0.139 e. The van der Waals surface area contributed by atoms with E-state index in [9.17, 15) is 9.50 Å². The topological polar surface area (TPSA) is 58.3 Å². The number of nitrogens with two attached hydrogens (primary N) is 1. The summed E-state index contributed by atoms with van der Waals surface area (Å²) >= 11 is 3.09. The van der Waals surface area contributed by atoms with Crippen molar-refractivity contribution in [2.75, 3.05) is 17.6 Å². The van der Waals surface area contributed by atoms with Crippen molar-refractivity contribution in [3.63, 3.8) is 0 Å². The van der Waals surface area contributed by atoms with E-state index in [0.29, 0.717) is 21.8 Å². The number of aliphatic hydroxyl groups is 1. The van der Waals surface area contributed by atoms with E-state index in [1.54, 1.807) is 6.07 Å². The second kappa shape index (κ2) is 5.23. The van der Waals surface area contributed by atoms with Gasteiger partial charge in [-0.3, -0.25) is 0 Å². The number of aliphatic hydroxyl groups excluding tert-OH is 1. The summed E-state index contributed by atoms with van der Waals surface area (Å²) in [6, 6.07) is 2.95. The van der Waals surface area contributed by atoms with Gasteiger partial charge in [0.15, 0.2) is 0 Å². The standard InChI is InChI=1S/C12H16BrFN2O/c13-9-4-11(15)12(5-10(9)14)16-6-7-1-2-8(17)3-7/h4-5,7-8,16-17H,1-3,6,15H2. The van der Waals surface area contributed by atoms with Crippen LogP contribution in [0.4, 0.5) is 15.8 Å². The quantitative estimate of drug-likeness (QED) is 0.753. The molecule has 0 bridgehead atoms. The van der Waals surface area contributed by atoms with Crippen LogP contribution in [0.5, 0.6) is 0 Å². The Morgan fingerprint density at radius 2 is 2.24 bits per heavy atom. The van der Waals surface area contributed by atoms with Gasteiger partial charge >= 0.3 is 0 Å². The predicted molar refractivity (Wildman–Crippen MR) is 70.3 cm³/mol. The molecule has 1 aliphatic carbocycles. The molecule has 2 unspecified atom stereocenters. The Kier molecular flexibility index (Phi) is 3.89. The van der Waals surface area contributed by atoms with E-state index in [0.717, 1.165) is 25.8 Å². The van der Waals surface area contributed by atoms with Crippen molar-refractivity contribution < 1.29 is 9.50 Å². The second-order valence-corrected chi connectivity index (χ2v) is 5.42. The highest BCUT2D eigenvalue weighted by molar-refractivity contribution is 9.10. The van der Waals surface area contributed by atoms with Crippen LogP contribution in [0.25, 0.3) is 0 Å². The zero-order chi connectivity index (χ0) is 12.4. The van der Waals surface area contributed by atoms with Gasteiger partial charge in [-0.25, -0.2) is 4.39 Å². The Bertz CT molecular complexity index is 414. The molecule has 1 saturated carbocycles. The molecule has 2 atom stereocenters. The first-order chi connectivity index (χ1) is 8.06. The van der Waals surface area contributed by atoms with Crippen LogP contribution in [0.15, 0.2) is 16.6 Å². The molecule has 4 N–H and O–H groups in total. The summed E-state index contributed by atoms with van der Waals surface area (Å²) in [5.41, 5.74) is 6.94. The fourth-order valence-electron chi connectivity index (χ4n) is 2.20. The average molecular weight is 303 g/mol. The maximum Gasteiger partial charge on any atom is 0.139 e. The summed E-state index contributed by atoms with van der Waals surface area (Å²) in [4.78, 5) is 0. The number of nitrogen functional groups attached to an aromatic ring is 1. The maximum atomic E-state index is 13.3. The van der Waals surface area contributed by atoms with Gasteiger partial charge in [-0.15, -0.1) is 0 Å². The number of anilines is 2. The van der Waals surface area contributed by atoms with E-state index in [1.165, 1.54) is 6.07 Å². The van der Waals surface area contributed by atoms with Crippen LogP contribution in [0.3, 0.4) is 0 Å². The number of benzene rings is 1. The summed E-state index contributed by atoms with van der Waals surface area (Å²) in [6.45, 7) is 0.725. The molecule has 1 fully saturated rings. The summed E-state index contributed by atoms with van der Waals surface area (Å²) < 4.78 is 13.7. The van der Waals surface area contributed by atoms with Crippen molar-refractivity contribution in [3.05, 3.63) is 22.4 Å². The van der Waals surface area contributed by atoms with Crippen molar-refractivity contribution in [3.8, 4) is 0 Å². The minimum atomic E-state index is -0.326. The first-order valence-electron chi connectivity index (χ1n) is 5.72. The molecule has 0 aromatic heterocycles. The van der Waals surface area contributed by atoms with Crippen LogP contribution in [0.2, 0.25) is 0 Å². The van der Waals surface area contributed by atoms with E-state index in [4.69, 9.17) is 5.73 Å². The van der Waals surface area contributed by atoms with Crippen LogP contribution >= 0.6 is 15.9 Å². The Hall–Kier alpha value is -0.810. The highest BCUT2D eigenvalue weighted by Crippen LogP contribution is 2.29. The monoisotopic (exact) mass is 302 g/mol. The molecule has 2 rings (SSSR count). The summed E-state index contributed by atoms with van der Waals surface area (Å²) in [5, 5.41) is 12.6. The molecule has 0 amide bonds. The third-order valence-corrected chi connectivity index (χ3v) is 3.79. The highest BCUT2D eigenvalue weighted by Gasteiger charge is 2.22. The minimum absolute atomic E-state index is 0.180. The summed E-state index contributed by atoms with van der Waals surface area (Å²) in [7, 11) is 0. The zero-order valence-corrected chi connectivity index (χ0v) is 11.0. The Balaban J connectivity index is 1.97. The molecule has 0 heterocycles. The van der Waals surface area contributed by atoms with Crippen LogP contribution in [-0.2, 0) is 0 Å². The van der Waals surface area contributed by atoms with Crippen molar-refractivity contribution >= 4 is 27.3 Å². The molecule has 0 aliphatic heterocycles. The van der Waals surface area contributed by atoms with Gasteiger partial charge in [-0.2, -0.15) is 0 Å². The maximum absolute atomic E-state index is 13.3. The molecule has 17 heavy (non-hydrogen) atoms. The Labute approximate surface area is 108 Å². The van der Waals surface area contributed by atoms with Crippen LogP contribution < -0.4 is 11.1 Å². The van der Waals surface area contributed by atoms with Gasteiger partial charge in [-0.05, 0) is 47.2 Å². The third kappa shape index (κ3) is 3.10. The zero-order valence-electron chi connectivity index (χ0n) is 9.42. The van der Waals surface area contributed by atoms with Gasteiger partial charge in [-0.1, -0.05) is 0 Å². The molecular weight excluding hydrogens is 287 g/mol. The van der Waals surface area contributed by atoms with E-state index >= 15 is 0 Å². The Morgan fingerprint density at radius 3 is 2.88 bits per heavy atom. The Morgan fingerprint density at radius 1 is 1.47 bits per heavy atom. The lowest BCUT2D eigenvalue weighted by molar-refractivity contribution is 0.178. The molecule has 5 heteroatoms. The number of hydrogen-bond acceptors (Lipinski definition) is 3. The molecule has 1 aromatic rings. The van der Waals surface area contributed by atoms with Gasteiger partial charge in [0.05, 0.1) is 22.0 Å². The molecule has 0 radical (unpaired) electrons. The largest absolute Gasteiger partial charge is 0.397 e. The highest BCUT2D eigenvalue weighted by atomic mass is 79.9. The lowest BCUT2D eigenvalue weighted by atomic mass is 10.1. The third-order valence-electron chi connectivity index (χ3n) is 3.19. The van der Waals surface area contributed by atoms with Crippen molar-refractivity contribution in [2.24, 2.45) is 5.92 Å². The first kappa shape index (κ1) is 12.6. The predicted octanol–water partition coefficient (Wildman–Crippen LogP) is 2.74. The lowest BCUT2D eigenvalue weighted by Gasteiger charge is -2.14. The van der Waals surface area contributed by atoms with Crippen molar-refractivity contribution in [1.82, 2.24) is 0 Å². The molecule has 1 aromatic carbocycles. The number of nitrogens with one attached hydrogen (secondary N) is 1. The number of halogens is 2. The second-order valence-electron chi connectivity index (χ2n) is 4.57. The molecule has 0 spiro atoms. The number of rotatable bonds is 3. The van der Waals surface area contributed by atoms with Crippen LogP contribution in [0, 0.1) is 11.7 Å². The van der Waals surface area contributed by atoms with E-state index in [1.807, 2.05) is 0 Å². The SMILES string of the molecule is Nc1cc(Br)c(F)cc1NCC1CCC(O)C1. The van der Waals surface area contributed by atoms with Crippen LogP contribution in [-0.4, -0.2) is 17.8 Å². The molecule has 1 aliphatic rings. The van der Waals surface area contributed by atoms with Gasteiger partial charge < -0.3 is 16.2 Å². The summed E-state index contributed by atoms with van der Waals surface area (Å²) in [5.74, 6) is 0.115. The van der Waals surface area contributed by atoms with Crippen molar-refractivity contribution in [1.29, 1.82) is 0 Å². The van der Waals surface area contributed by atoms with E-state index in [2.05, 4.69) is 21.2 Å². The fraction of sp³-hybridized carbons (Fsp3) is 0.500. The summed E-state index contributed by atoms with van der Waals surface area (Å²) in [6.07, 6.45) is 2.50. The van der Waals surface area contributed by atoms with Gasteiger partial charge in [0.1, 0.15) is 5.82 Å². The van der Waals surface area contributed by atoms with E-state index in [-0.39, 0.29) is 11.9 Å². The molecule has 3 nitrogen and oxygen atoms in total. The molecular formula is C12H16BrFN2O. The van der Waals surface area contributed by atoms with Gasteiger partial charge in [0.25, 0.3) is 0 Å². The lowest BCUT2D eigenvalue weighted by Crippen LogP contribution is -2.13. The van der Waals surface area contributed by atoms with Gasteiger partial charge in [0.2, 0.25) is 0 Å². The van der Waals surface area contributed by atoms with Crippen molar-refractivity contribution in [2.45, 2.75) is 25.4 Å². The fourth-order valence-corrected chi connectivity index (χ4v) is 2.56. The van der Waals surface area contributed by atoms with Crippen LogP contribution in [0.1, 0.15) is 19.3 Å². The van der Waals surface area contributed by atoms with Gasteiger partial charge in [0, 0.05) is 12.6 Å². The van der Waals surface area contributed by atoms with E-state index < -0.39 is 0 Å². The molecule has 0 saturated heterocycles. The first-order valence-corrected chi connectivity index (χ1v) is 6.52. The normalized spacial score (nSPS) is 23.9. The number of hydrogen-bond donors (Lipinski definition) is 3.